The lowest BCUT2D eigenvalue weighted by Crippen LogP contribution is -2.42. The molecule has 1 aromatic carbocycles. The van der Waals surface area contributed by atoms with Gasteiger partial charge in [0.2, 0.25) is 5.91 Å². The molecular formula is C52H89N7O6S. The zero-order valence-corrected chi connectivity index (χ0v) is 41.7. The number of benzene rings is 1. The van der Waals surface area contributed by atoms with Gasteiger partial charge < -0.3 is 30.5 Å². The molecule has 0 unspecified atom stereocenters. The number of nitrogens with one attached hydrogen (secondary N) is 4. The number of aliphatic imine (C=N–C) groups is 1. The molecule has 2 amide bonds. The Morgan fingerprint density at radius 2 is 1.32 bits per heavy atom. The summed E-state index contributed by atoms with van der Waals surface area (Å²) >= 11 is 0. The quantitative estimate of drug-likeness (QED) is 0.201. The second-order valence-corrected chi connectivity index (χ2v) is 23.0. The summed E-state index contributed by atoms with van der Waals surface area (Å²) in [4.78, 5) is 35.0. The molecule has 374 valence electrons. The number of ether oxygens (including phenoxy) is 1. The number of nitrogens with zero attached hydrogens (tertiary/aromatic N) is 3. The van der Waals surface area contributed by atoms with Crippen LogP contribution in [0.3, 0.4) is 0 Å². The van der Waals surface area contributed by atoms with Gasteiger partial charge in [-0.05, 0) is 165 Å². The van der Waals surface area contributed by atoms with E-state index in [1.165, 1.54) is 147 Å². The first-order valence-electron chi connectivity index (χ1n) is 26.7. The molecule has 14 rings (SSSR count). The number of rotatable bonds is 1. The first-order valence-corrected chi connectivity index (χ1v) is 28.6. The van der Waals surface area contributed by atoms with Gasteiger partial charge in [-0.3, -0.25) is 20.1 Å². The molecule has 11 heterocycles. The molecule has 2 saturated carbocycles. The zero-order valence-electron chi connectivity index (χ0n) is 40.9. The highest BCUT2D eigenvalue weighted by Crippen LogP contribution is 2.44. The molecule has 4 N–H and O–H groups in total. The van der Waals surface area contributed by atoms with Crippen molar-refractivity contribution in [3.05, 3.63) is 29.8 Å². The van der Waals surface area contributed by atoms with Crippen molar-refractivity contribution in [2.24, 2.45) is 22.7 Å². The normalized spacial score (nSPS) is 30.5. The minimum absolute atomic E-state index is 0.0983. The number of cyclic esters (lactones) is 1. The number of alkyl carbamates (subject to hydrolysis) is 1. The van der Waals surface area contributed by atoms with Crippen LogP contribution in [-0.4, -0.2) is 125 Å². The van der Waals surface area contributed by atoms with Crippen LogP contribution in [0, 0.1) is 17.8 Å². The number of piperidine rings is 5. The van der Waals surface area contributed by atoms with Crippen molar-refractivity contribution in [2.75, 3.05) is 76.4 Å². The van der Waals surface area contributed by atoms with Crippen molar-refractivity contribution in [2.45, 2.75) is 185 Å². The number of hydrogen-bond acceptors (Lipinski definition) is 11. The van der Waals surface area contributed by atoms with E-state index in [9.17, 15) is 18.0 Å². The average molecular weight is 940 g/mol. The highest BCUT2D eigenvalue weighted by atomic mass is 32.2. The van der Waals surface area contributed by atoms with E-state index in [1.807, 2.05) is 24.3 Å². The lowest BCUT2D eigenvalue weighted by molar-refractivity contribution is -0.115. The zero-order chi connectivity index (χ0) is 46.2. The predicted octanol–water partition coefficient (Wildman–Crippen LogP) is 8.83. The second-order valence-electron chi connectivity index (χ2n) is 20.7. The van der Waals surface area contributed by atoms with Crippen molar-refractivity contribution < 1.29 is 27.6 Å². The van der Waals surface area contributed by atoms with Crippen molar-refractivity contribution in [3.63, 3.8) is 0 Å². The molecule has 6 bridgehead atoms. The van der Waals surface area contributed by atoms with Gasteiger partial charge in [-0.1, -0.05) is 69.6 Å². The minimum Gasteiger partial charge on any atom is -0.448 e. The third-order valence-electron chi connectivity index (χ3n) is 15.6. The molecule has 0 atom stereocenters. The summed E-state index contributed by atoms with van der Waals surface area (Å²) in [6, 6.07) is 10.6. The predicted molar refractivity (Wildman–Crippen MR) is 268 cm³/mol. The number of amidine groups is 1. The lowest BCUT2D eigenvalue weighted by Gasteiger charge is -2.39. The maximum absolute atomic E-state index is 10.8. The lowest BCUT2D eigenvalue weighted by atomic mass is 9.89. The smallest absolute Gasteiger partial charge is 0.407 e. The summed E-state index contributed by atoms with van der Waals surface area (Å²) < 4.78 is 25.7. The molecule has 11 aliphatic heterocycles. The summed E-state index contributed by atoms with van der Waals surface area (Å²) in [5.74, 6) is 5.40. The van der Waals surface area contributed by atoms with Crippen LogP contribution in [0.4, 0.5) is 10.5 Å². The van der Waals surface area contributed by atoms with Crippen LogP contribution in [0.15, 0.2) is 29.3 Å². The fourth-order valence-corrected chi connectivity index (χ4v) is 13.2. The molecule has 0 spiro atoms. The number of carbonyl (C=O) groups is 2. The van der Waals surface area contributed by atoms with Crippen LogP contribution < -0.4 is 21.4 Å². The summed E-state index contributed by atoms with van der Waals surface area (Å²) in [6.07, 6.45) is 34.8. The number of fused-ring (bicyclic) bond motifs is 9. The molecule has 1 aromatic rings. The molecule has 0 aromatic heterocycles. The molecule has 0 radical (unpaired) electrons. The number of hydrogen-bond donors (Lipinski definition) is 4. The largest absolute Gasteiger partial charge is 0.448 e. The first kappa shape index (κ1) is 52.6. The van der Waals surface area contributed by atoms with E-state index in [2.05, 4.69) is 41.0 Å². The fraction of sp³-hybridized carbons (Fsp3) is 0.827. The average Bonchev–Trinajstić information content (AvgIpc) is 4.25. The van der Waals surface area contributed by atoms with E-state index in [4.69, 9.17) is 4.84 Å². The van der Waals surface area contributed by atoms with Gasteiger partial charge in [-0.2, -0.15) is 0 Å². The Hall–Kier alpha value is -2.78. The van der Waals surface area contributed by atoms with Crippen LogP contribution >= 0.6 is 0 Å². The van der Waals surface area contributed by atoms with E-state index in [0.717, 1.165) is 73.4 Å². The first-order chi connectivity index (χ1) is 32.2. The Labute approximate surface area is 399 Å². The van der Waals surface area contributed by atoms with Gasteiger partial charge in [-0.25, -0.2) is 13.2 Å². The van der Waals surface area contributed by atoms with Crippen LogP contribution in [-0.2, 0) is 30.6 Å². The number of amides is 2. The Kier molecular flexibility index (Phi) is 23.3. The third kappa shape index (κ3) is 19.7. The number of hydroxylamine groups is 1. The van der Waals surface area contributed by atoms with Gasteiger partial charge in [0.15, 0.2) is 0 Å². The van der Waals surface area contributed by atoms with E-state index >= 15 is 0 Å². The number of para-hydroxylation sites is 1. The third-order valence-corrected chi connectivity index (χ3v) is 17.4. The Morgan fingerprint density at radius 1 is 0.697 bits per heavy atom. The Bertz CT molecular complexity index is 1550. The SMILES string of the molecule is C1CC2CCC1C2.C1CC2CCC1N2.C1CCN2CCCCC2C1.C1CN2CCC1CC2.CONC1=NCCCCC1.O=C1Cc2ccccc2N1.O=C1NCCO1.O=S1(=O)CCCCC1. The van der Waals surface area contributed by atoms with Gasteiger partial charge >= 0.3 is 6.09 Å². The van der Waals surface area contributed by atoms with Crippen LogP contribution in [0.5, 0.6) is 0 Å². The van der Waals surface area contributed by atoms with E-state index < -0.39 is 9.84 Å². The summed E-state index contributed by atoms with van der Waals surface area (Å²) in [5.41, 5.74) is 4.84. The molecule has 14 heteroatoms. The molecule has 13 aliphatic rings. The standard InChI is InChI=1S/C9H17N.C8H7NO.C7H14N2O.C7H13N.C7H12.C6H11N.C5H10O2S.C3H5NO2/c1-3-7-10-8-4-2-6-9(10)5-1;10-8-5-6-3-1-2-4-7(6)9-8;1-10-9-7-5-3-2-4-6-8-7;1-4-8-5-2-7(1)3-6-8;1-2-7-4-3-6(1)5-7;1-2-6-4-3-5(1)7-6;6-8(7)4-2-1-3-5-8;5-3-4-1-2-6-3/h9H,1-8H2;1-4H,5H2,(H,9,10);2-6H2,1H3,(H,8,9);7H,1-6H2;6-7H,1-5H2;5-7H,1-4H2;1-5H2;1-2H2,(H,4,5). The van der Waals surface area contributed by atoms with Gasteiger partial charge in [0.05, 0.1) is 31.6 Å². The highest BCUT2D eigenvalue weighted by molar-refractivity contribution is 7.91. The summed E-state index contributed by atoms with van der Waals surface area (Å²) in [5, 5.41) is 8.74. The Morgan fingerprint density at radius 3 is 1.73 bits per heavy atom. The number of sulfone groups is 1. The summed E-state index contributed by atoms with van der Waals surface area (Å²) in [7, 11) is -0.964. The molecule has 9 saturated heterocycles. The van der Waals surface area contributed by atoms with Gasteiger partial charge in [-0.15, -0.1) is 0 Å². The van der Waals surface area contributed by atoms with Crippen molar-refractivity contribution in [3.8, 4) is 0 Å². The maximum Gasteiger partial charge on any atom is 0.407 e. The van der Waals surface area contributed by atoms with Gasteiger partial charge in [0, 0.05) is 36.8 Å². The molecule has 66 heavy (non-hydrogen) atoms. The minimum atomic E-state index is -2.58. The molecule has 11 fully saturated rings. The highest BCUT2D eigenvalue weighted by Gasteiger charge is 2.31. The second kappa shape index (κ2) is 29.3. The fourth-order valence-electron chi connectivity index (χ4n) is 11.7. The molecule has 13 nitrogen and oxygen atoms in total. The topological polar surface area (TPSA) is 154 Å². The van der Waals surface area contributed by atoms with Crippen molar-refractivity contribution >= 4 is 33.4 Å². The Balaban J connectivity index is 0.000000125. The van der Waals surface area contributed by atoms with E-state index in [-0.39, 0.29) is 12.0 Å². The van der Waals surface area contributed by atoms with Crippen LogP contribution in [0.25, 0.3) is 0 Å². The molecule has 2 aliphatic carbocycles. The monoisotopic (exact) mass is 940 g/mol. The molecular weight excluding hydrogens is 851 g/mol. The van der Waals surface area contributed by atoms with Crippen LogP contribution in [0.1, 0.15) is 166 Å². The number of carbonyl (C=O) groups excluding carboxylic acids is 2. The van der Waals surface area contributed by atoms with Crippen molar-refractivity contribution in [1.29, 1.82) is 0 Å². The van der Waals surface area contributed by atoms with Gasteiger partial charge in [0.1, 0.15) is 22.3 Å². The van der Waals surface area contributed by atoms with E-state index in [1.54, 1.807) is 39.2 Å². The van der Waals surface area contributed by atoms with E-state index in [0.29, 0.717) is 31.1 Å². The van der Waals surface area contributed by atoms with Crippen molar-refractivity contribution in [1.82, 2.24) is 25.9 Å². The summed E-state index contributed by atoms with van der Waals surface area (Å²) in [6.45, 7) is 9.11. The van der Waals surface area contributed by atoms with Crippen LogP contribution in [0.2, 0.25) is 0 Å². The maximum atomic E-state index is 10.8. The number of anilines is 1. The van der Waals surface area contributed by atoms with Gasteiger partial charge in [0.25, 0.3) is 0 Å².